The smallest absolute Gasteiger partial charge is 0.343 e. The van der Waals surface area contributed by atoms with Crippen LogP contribution in [0.1, 0.15) is 32.0 Å². The number of hydrogen-bond donors (Lipinski definition) is 0. The van der Waals surface area contributed by atoms with Crippen molar-refractivity contribution >= 4 is 17.8 Å². The summed E-state index contributed by atoms with van der Waals surface area (Å²) >= 11 is 0. The van der Waals surface area contributed by atoms with E-state index in [-0.39, 0.29) is 22.9 Å². The normalized spacial score (nSPS) is 13.3. The number of benzene rings is 2. The molecule has 1 aliphatic rings. The van der Waals surface area contributed by atoms with E-state index in [1.165, 1.54) is 33.5 Å². The number of hydrogen-bond acceptors (Lipinski definition) is 8. The molecule has 0 saturated heterocycles. The van der Waals surface area contributed by atoms with Crippen LogP contribution in [0.2, 0.25) is 0 Å². The molecule has 0 bridgehead atoms. The average Bonchev–Trinajstić information content (AvgIpc) is 3.16. The first-order valence-electron chi connectivity index (χ1n) is 9.98. The molecule has 1 aliphatic heterocycles. The van der Waals surface area contributed by atoms with Gasteiger partial charge in [-0.3, -0.25) is 9.78 Å². The fraction of sp³-hybridized carbons (Fsp3) is 0.160. The predicted octanol–water partition coefficient (Wildman–Crippen LogP) is 4.25. The van der Waals surface area contributed by atoms with Gasteiger partial charge in [0, 0.05) is 17.8 Å². The molecule has 0 amide bonds. The summed E-state index contributed by atoms with van der Waals surface area (Å²) in [6.45, 7) is 1.72. The number of nitrogens with zero attached hydrogens (tertiary/aromatic N) is 1. The number of carbonyl (C=O) groups excluding carboxylic acids is 2. The zero-order valence-corrected chi connectivity index (χ0v) is 18.5. The molecule has 3 aromatic rings. The number of pyridine rings is 1. The van der Waals surface area contributed by atoms with Gasteiger partial charge in [0.15, 0.2) is 17.3 Å². The van der Waals surface area contributed by atoms with Crippen molar-refractivity contribution in [1.82, 2.24) is 4.98 Å². The Kier molecular flexibility index (Phi) is 5.99. The van der Waals surface area contributed by atoms with Gasteiger partial charge < -0.3 is 23.7 Å². The quantitative estimate of drug-likeness (QED) is 0.315. The van der Waals surface area contributed by atoms with Crippen LogP contribution in [0.3, 0.4) is 0 Å². The van der Waals surface area contributed by atoms with Crippen LogP contribution < -0.4 is 23.7 Å². The second kappa shape index (κ2) is 9.04. The molecule has 168 valence electrons. The molecule has 2 heterocycles. The van der Waals surface area contributed by atoms with Crippen molar-refractivity contribution in [3.8, 4) is 28.7 Å². The van der Waals surface area contributed by atoms with Crippen molar-refractivity contribution in [3.63, 3.8) is 0 Å². The molecule has 0 radical (unpaired) electrons. The van der Waals surface area contributed by atoms with Gasteiger partial charge in [-0.2, -0.15) is 0 Å². The summed E-state index contributed by atoms with van der Waals surface area (Å²) in [4.78, 5) is 29.8. The lowest BCUT2D eigenvalue weighted by atomic mass is 10.1. The Labute approximate surface area is 190 Å². The first-order valence-corrected chi connectivity index (χ1v) is 9.98. The van der Waals surface area contributed by atoms with Crippen LogP contribution in [0.25, 0.3) is 6.08 Å². The van der Waals surface area contributed by atoms with Crippen LogP contribution in [0.15, 0.2) is 54.4 Å². The molecular weight excluding hydrogens is 426 g/mol. The van der Waals surface area contributed by atoms with E-state index in [0.29, 0.717) is 39.8 Å². The number of rotatable bonds is 6. The Balaban J connectivity index is 1.62. The Morgan fingerprint density at radius 2 is 1.70 bits per heavy atom. The SMILES string of the molecule is COc1cc(C(=O)Oc2ccc3c(c2C)O/C(=C\c2ccccn2)C3=O)cc(OC)c1OC. The molecule has 0 atom stereocenters. The van der Waals surface area contributed by atoms with Gasteiger partial charge in [0.1, 0.15) is 11.5 Å². The first kappa shape index (κ1) is 21.9. The van der Waals surface area contributed by atoms with Gasteiger partial charge >= 0.3 is 5.97 Å². The summed E-state index contributed by atoms with van der Waals surface area (Å²) in [6, 6.07) is 11.5. The minimum Gasteiger partial charge on any atom is -0.493 e. The third-order valence-electron chi connectivity index (χ3n) is 5.11. The maximum atomic E-state index is 12.9. The summed E-state index contributed by atoms with van der Waals surface area (Å²) in [7, 11) is 4.40. The fourth-order valence-corrected chi connectivity index (χ4v) is 3.43. The van der Waals surface area contributed by atoms with Gasteiger partial charge in [0.05, 0.1) is 38.2 Å². The van der Waals surface area contributed by atoms with Crippen LogP contribution in [-0.4, -0.2) is 38.1 Å². The minimum absolute atomic E-state index is 0.153. The Hall–Kier alpha value is -4.33. The fourth-order valence-electron chi connectivity index (χ4n) is 3.43. The van der Waals surface area contributed by atoms with E-state index in [1.54, 1.807) is 43.5 Å². The second-order valence-corrected chi connectivity index (χ2v) is 7.06. The zero-order valence-electron chi connectivity index (χ0n) is 18.5. The molecular formula is C25H21NO7. The van der Waals surface area contributed by atoms with E-state index in [9.17, 15) is 9.59 Å². The van der Waals surface area contributed by atoms with Gasteiger partial charge in [0.2, 0.25) is 11.5 Å². The van der Waals surface area contributed by atoms with Crippen LogP contribution >= 0.6 is 0 Å². The Morgan fingerprint density at radius 1 is 0.970 bits per heavy atom. The standard InChI is InChI=1S/C25H21NO7/c1-14-18(33-25(28)15-11-20(29-2)24(31-4)21(12-15)30-3)9-8-17-22(27)19(32-23(14)17)13-16-7-5-6-10-26-16/h5-13H,1-4H3/b19-13-. The van der Waals surface area contributed by atoms with E-state index in [0.717, 1.165) is 0 Å². The molecule has 0 spiro atoms. The zero-order chi connectivity index (χ0) is 23.5. The van der Waals surface area contributed by atoms with Crippen LogP contribution in [-0.2, 0) is 0 Å². The molecule has 8 heteroatoms. The van der Waals surface area contributed by atoms with Crippen molar-refractivity contribution in [2.45, 2.75) is 6.92 Å². The number of aromatic nitrogens is 1. The van der Waals surface area contributed by atoms with Gasteiger partial charge in [-0.15, -0.1) is 0 Å². The highest BCUT2D eigenvalue weighted by molar-refractivity contribution is 6.15. The lowest BCUT2D eigenvalue weighted by molar-refractivity contribution is 0.0732. The van der Waals surface area contributed by atoms with Crippen molar-refractivity contribution in [2.75, 3.05) is 21.3 Å². The summed E-state index contributed by atoms with van der Waals surface area (Å²) in [5.74, 6) is 0.883. The van der Waals surface area contributed by atoms with Gasteiger partial charge in [-0.1, -0.05) is 6.07 Å². The van der Waals surface area contributed by atoms with Crippen molar-refractivity contribution in [1.29, 1.82) is 0 Å². The number of ketones is 1. The number of esters is 1. The molecule has 2 aromatic carbocycles. The van der Waals surface area contributed by atoms with Crippen molar-refractivity contribution in [2.24, 2.45) is 0 Å². The molecule has 0 saturated carbocycles. The van der Waals surface area contributed by atoms with Gasteiger partial charge in [0.25, 0.3) is 0 Å². The molecule has 0 aliphatic carbocycles. The lowest BCUT2D eigenvalue weighted by Crippen LogP contribution is -2.10. The van der Waals surface area contributed by atoms with E-state index in [4.69, 9.17) is 23.7 Å². The van der Waals surface area contributed by atoms with E-state index in [1.807, 2.05) is 6.07 Å². The average molecular weight is 447 g/mol. The first-order chi connectivity index (χ1) is 16.0. The molecule has 0 fully saturated rings. The molecule has 0 unspecified atom stereocenters. The van der Waals surface area contributed by atoms with Crippen LogP contribution in [0.5, 0.6) is 28.7 Å². The topological polar surface area (TPSA) is 93.2 Å². The number of carbonyl (C=O) groups is 2. The molecule has 0 N–H and O–H groups in total. The van der Waals surface area contributed by atoms with Crippen molar-refractivity contribution in [3.05, 3.63) is 76.8 Å². The highest BCUT2D eigenvalue weighted by Gasteiger charge is 2.31. The molecule has 33 heavy (non-hydrogen) atoms. The number of fused-ring (bicyclic) bond motifs is 1. The van der Waals surface area contributed by atoms with Crippen LogP contribution in [0.4, 0.5) is 0 Å². The summed E-state index contributed by atoms with van der Waals surface area (Å²) in [5, 5.41) is 0. The van der Waals surface area contributed by atoms with E-state index < -0.39 is 5.97 Å². The second-order valence-electron chi connectivity index (χ2n) is 7.06. The van der Waals surface area contributed by atoms with Crippen molar-refractivity contribution < 1.29 is 33.3 Å². The van der Waals surface area contributed by atoms with E-state index in [2.05, 4.69) is 4.98 Å². The third kappa shape index (κ3) is 4.10. The summed E-state index contributed by atoms with van der Waals surface area (Å²) in [5.41, 5.74) is 1.71. The molecule has 8 nitrogen and oxygen atoms in total. The van der Waals surface area contributed by atoms with Gasteiger partial charge in [-0.05, 0) is 43.3 Å². The highest BCUT2D eigenvalue weighted by atomic mass is 16.5. The number of ether oxygens (including phenoxy) is 5. The molecule has 1 aromatic heterocycles. The third-order valence-corrected chi connectivity index (χ3v) is 5.11. The maximum Gasteiger partial charge on any atom is 0.343 e. The predicted molar refractivity (Wildman–Crippen MR) is 119 cm³/mol. The number of methoxy groups -OCH3 is 3. The summed E-state index contributed by atoms with van der Waals surface area (Å²) in [6.07, 6.45) is 3.20. The Morgan fingerprint density at radius 3 is 2.30 bits per heavy atom. The number of allylic oxidation sites excluding steroid dienone is 1. The highest BCUT2D eigenvalue weighted by Crippen LogP contribution is 2.41. The minimum atomic E-state index is -0.633. The molecule has 4 rings (SSSR count). The maximum absolute atomic E-state index is 12.9. The largest absolute Gasteiger partial charge is 0.493 e. The van der Waals surface area contributed by atoms with E-state index >= 15 is 0 Å². The summed E-state index contributed by atoms with van der Waals surface area (Å²) < 4.78 is 27.3. The Bertz CT molecular complexity index is 1240. The lowest BCUT2D eigenvalue weighted by Gasteiger charge is -2.14. The van der Waals surface area contributed by atoms with Gasteiger partial charge in [-0.25, -0.2) is 4.79 Å². The number of Topliss-reactive ketones (excluding diaryl/α,β-unsaturated/α-hetero) is 1. The monoisotopic (exact) mass is 447 g/mol. The van der Waals surface area contributed by atoms with Crippen LogP contribution in [0, 0.1) is 6.92 Å².